The molecule has 1 fully saturated rings. The molecule has 2 heterocycles. The maximum absolute atomic E-state index is 5.07. The number of hydrogen-bond donors (Lipinski definition) is 1. The van der Waals surface area contributed by atoms with Crippen LogP contribution in [0.2, 0.25) is 0 Å². The van der Waals surface area contributed by atoms with Crippen molar-refractivity contribution in [3.05, 3.63) is 29.8 Å². The highest BCUT2D eigenvalue weighted by Gasteiger charge is 2.16. The van der Waals surface area contributed by atoms with Crippen LogP contribution in [0.5, 0.6) is 5.75 Å². The maximum Gasteiger partial charge on any atom is 0.180 e. The van der Waals surface area contributed by atoms with Gasteiger partial charge in [0.1, 0.15) is 5.82 Å². The third kappa shape index (κ3) is 2.34. The predicted octanol–water partition coefficient (Wildman–Crippen LogP) is 2.33. The molecule has 1 saturated heterocycles. The molecule has 0 aliphatic carbocycles. The van der Waals surface area contributed by atoms with Crippen LogP contribution in [0, 0.1) is 6.92 Å². The molecular formula is C14H17N3O2. The van der Waals surface area contributed by atoms with E-state index in [4.69, 9.17) is 15.8 Å². The lowest BCUT2D eigenvalue weighted by Crippen LogP contribution is -2.19. The number of fused-ring (bicyclic) bond motifs is 1. The summed E-state index contributed by atoms with van der Waals surface area (Å²) in [5.74, 6) is 6.55. The van der Waals surface area contributed by atoms with Crippen molar-refractivity contribution in [1.82, 2.24) is 4.98 Å². The number of hydrogen-bond acceptors (Lipinski definition) is 5. The molecule has 0 atom stereocenters. The van der Waals surface area contributed by atoms with Crippen molar-refractivity contribution in [3.8, 4) is 5.75 Å². The first-order valence-corrected chi connectivity index (χ1v) is 6.48. The number of nitrogens with zero attached hydrogens (tertiary/aromatic N) is 2. The molecule has 5 nitrogen and oxygen atoms in total. The average molecular weight is 259 g/mol. The topological polar surface area (TPSA) is 60.6 Å². The molecule has 2 aromatic rings. The standard InChI is InChI=1S/C14H17N3O2/c1-10-4-5-11-12(8-10)16-14(9-13(11)18-19-15)17-6-2-3-7-17/h4-5,8-9H,2-3,6-7,15H2,1H3. The summed E-state index contributed by atoms with van der Waals surface area (Å²) in [7, 11) is 0. The van der Waals surface area contributed by atoms with E-state index in [-0.39, 0.29) is 0 Å². The van der Waals surface area contributed by atoms with E-state index < -0.39 is 0 Å². The van der Waals surface area contributed by atoms with Crippen LogP contribution in [-0.2, 0) is 4.99 Å². The summed E-state index contributed by atoms with van der Waals surface area (Å²) in [6, 6.07) is 7.91. The maximum atomic E-state index is 5.07. The van der Waals surface area contributed by atoms with Gasteiger partial charge in [0.15, 0.2) is 5.75 Å². The highest BCUT2D eigenvalue weighted by molar-refractivity contribution is 5.87. The Hall–Kier alpha value is -1.85. The van der Waals surface area contributed by atoms with Crippen molar-refractivity contribution in [1.29, 1.82) is 0 Å². The fourth-order valence-corrected chi connectivity index (χ4v) is 2.52. The van der Waals surface area contributed by atoms with E-state index in [1.54, 1.807) is 0 Å². The van der Waals surface area contributed by atoms with E-state index in [1.165, 1.54) is 12.8 Å². The Kier molecular flexibility index (Phi) is 3.23. The number of aryl methyl sites for hydroxylation is 1. The van der Waals surface area contributed by atoms with Gasteiger partial charge in [0.2, 0.25) is 0 Å². The highest BCUT2D eigenvalue weighted by Crippen LogP contribution is 2.31. The second-order valence-corrected chi connectivity index (χ2v) is 4.87. The highest BCUT2D eigenvalue weighted by atomic mass is 17.3. The van der Waals surface area contributed by atoms with Gasteiger partial charge in [-0.05, 0) is 37.5 Å². The zero-order chi connectivity index (χ0) is 13.2. The van der Waals surface area contributed by atoms with Gasteiger partial charge in [-0.15, -0.1) is 0 Å². The number of pyridine rings is 1. The number of aromatic nitrogens is 1. The Labute approximate surface area is 111 Å². The van der Waals surface area contributed by atoms with Crippen molar-refractivity contribution in [2.75, 3.05) is 18.0 Å². The molecule has 1 aliphatic heterocycles. The molecule has 0 spiro atoms. The zero-order valence-corrected chi connectivity index (χ0v) is 10.9. The van der Waals surface area contributed by atoms with E-state index >= 15 is 0 Å². The van der Waals surface area contributed by atoms with Crippen LogP contribution in [0.15, 0.2) is 24.3 Å². The molecule has 0 amide bonds. The largest absolute Gasteiger partial charge is 0.356 e. The second kappa shape index (κ2) is 5.03. The van der Waals surface area contributed by atoms with Crippen LogP contribution in [-0.4, -0.2) is 18.1 Å². The molecule has 100 valence electrons. The van der Waals surface area contributed by atoms with Gasteiger partial charge in [0.25, 0.3) is 0 Å². The van der Waals surface area contributed by atoms with Crippen LogP contribution < -0.4 is 15.7 Å². The van der Waals surface area contributed by atoms with Gasteiger partial charge in [-0.1, -0.05) is 11.1 Å². The first kappa shape index (κ1) is 12.2. The van der Waals surface area contributed by atoms with E-state index in [9.17, 15) is 0 Å². The first-order valence-electron chi connectivity index (χ1n) is 6.48. The monoisotopic (exact) mass is 259 g/mol. The van der Waals surface area contributed by atoms with Gasteiger partial charge in [-0.25, -0.2) is 4.98 Å². The second-order valence-electron chi connectivity index (χ2n) is 4.87. The van der Waals surface area contributed by atoms with Crippen LogP contribution in [0.25, 0.3) is 10.9 Å². The number of benzene rings is 1. The fourth-order valence-electron chi connectivity index (χ4n) is 2.52. The third-order valence-corrected chi connectivity index (χ3v) is 3.48. The van der Waals surface area contributed by atoms with Crippen LogP contribution in [0.3, 0.4) is 0 Å². The van der Waals surface area contributed by atoms with Crippen molar-refractivity contribution in [2.45, 2.75) is 19.8 Å². The molecule has 0 unspecified atom stereocenters. The summed E-state index contributed by atoms with van der Waals surface area (Å²) >= 11 is 0. The molecule has 0 saturated carbocycles. The molecular weight excluding hydrogens is 242 g/mol. The van der Waals surface area contributed by atoms with Gasteiger partial charge < -0.3 is 9.79 Å². The molecule has 5 heteroatoms. The van der Waals surface area contributed by atoms with Gasteiger partial charge >= 0.3 is 0 Å². The molecule has 3 rings (SSSR count). The first-order chi connectivity index (χ1) is 9.28. The predicted molar refractivity (Wildman–Crippen MR) is 73.8 cm³/mol. The Balaban J connectivity index is 2.12. The average Bonchev–Trinajstić information content (AvgIpc) is 2.92. The van der Waals surface area contributed by atoms with Gasteiger partial charge in [-0.2, -0.15) is 5.90 Å². The van der Waals surface area contributed by atoms with Crippen LogP contribution in [0.1, 0.15) is 18.4 Å². The molecule has 1 aromatic heterocycles. The minimum Gasteiger partial charge on any atom is -0.356 e. The van der Waals surface area contributed by atoms with Crippen LogP contribution >= 0.6 is 0 Å². The molecule has 0 radical (unpaired) electrons. The molecule has 1 aliphatic rings. The SMILES string of the molecule is Cc1ccc2c(OON)cc(N3CCCC3)nc2c1. The normalized spacial score (nSPS) is 15.2. The Morgan fingerprint density at radius 2 is 2.00 bits per heavy atom. The third-order valence-electron chi connectivity index (χ3n) is 3.48. The lowest BCUT2D eigenvalue weighted by atomic mass is 10.1. The minimum absolute atomic E-state index is 0.606. The van der Waals surface area contributed by atoms with Gasteiger partial charge in [0.05, 0.1) is 5.52 Å². The van der Waals surface area contributed by atoms with E-state index in [0.717, 1.165) is 35.4 Å². The smallest absolute Gasteiger partial charge is 0.180 e. The summed E-state index contributed by atoms with van der Waals surface area (Å²) < 4.78 is 0. The van der Waals surface area contributed by atoms with E-state index in [0.29, 0.717) is 5.75 Å². The van der Waals surface area contributed by atoms with Gasteiger partial charge in [-0.3, -0.25) is 0 Å². The van der Waals surface area contributed by atoms with Crippen molar-refractivity contribution >= 4 is 16.7 Å². The molecule has 19 heavy (non-hydrogen) atoms. The summed E-state index contributed by atoms with van der Waals surface area (Å²) in [6.07, 6.45) is 2.41. The Bertz CT molecular complexity index is 595. The summed E-state index contributed by atoms with van der Waals surface area (Å²) in [5.41, 5.74) is 2.06. The molecule has 1 aromatic carbocycles. The van der Waals surface area contributed by atoms with Crippen LogP contribution in [0.4, 0.5) is 5.82 Å². The Morgan fingerprint density at radius 3 is 2.74 bits per heavy atom. The molecule has 0 bridgehead atoms. The van der Waals surface area contributed by atoms with Crippen molar-refractivity contribution in [2.24, 2.45) is 5.90 Å². The number of anilines is 1. The molecule has 2 N–H and O–H groups in total. The Morgan fingerprint density at radius 1 is 1.21 bits per heavy atom. The van der Waals surface area contributed by atoms with E-state index in [1.807, 2.05) is 31.2 Å². The quantitative estimate of drug-likeness (QED) is 0.677. The fraction of sp³-hybridized carbons (Fsp3) is 0.357. The number of nitrogens with two attached hydrogens (primary N) is 1. The summed E-state index contributed by atoms with van der Waals surface area (Å²) in [6.45, 7) is 4.12. The summed E-state index contributed by atoms with van der Waals surface area (Å²) in [5, 5.41) is 0.902. The van der Waals surface area contributed by atoms with Gasteiger partial charge in [0, 0.05) is 24.5 Å². The lowest BCUT2D eigenvalue weighted by molar-refractivity contribution is -0.210. The lowest BCUT2D eigenvalue weighted by Gasteiger charge is -2.18. The van der Waals surface area contributed by atoms with Crippen molar-refractivity contribution in [3.63, 3.8) is 0 Å². The summed E-state index contributed by atoms with van der Waals surface area (Å²) in [4.78, 5) is 16.4. The number of rotatable bonds is 3. The van der Waals surface area contributed by atoms with E-state index in [2.05, 4.69) is 9.89 Å². The van der Waals surface area contributed by atoms with Crippen molar-refractivity contribution < 1.29 is 9.88 Å². The minimum atomic E-state index is 0.606. The zero-order valence-electron chi connectivity index (χ0n) is 10.9.